The van der Waals surface area contributed by atoms with Gasteiger partial charge in [-0.05, 0) is 29.7 Å². The Morgan fingerprint density at radius 1 is 1.19 bits per heavy atom. The molecule has 2 N–H and O–H groups in total. The summed E-state index contributed by atoms with van der Waals surface area (Å²) < 4.78 is 14.2. The van der Waals surface area contributed by atoms with E-state index in [0.717, 1.165) is 28.4 Å². The first kappa shape index (κ1) is 21.3. The number of para-hydroxylation sites is 1. The molecule has 2 heterocycles. The number of benzene rings is 2. The highest BCUT2D eigenvalue weighted by atomic mass is 32.2. The van der Waals surface area contributed by atoms with E-state index >= 15 is 0 Å². The Balaban J connectivity index is 1.27. The largest absolute Gasteiger partial charge is 0.358 e. The Hall–Kier alpha value is -2.97. The van der Waals surface area contributed by atoms with Crippen LogP contribution in [0, 0.1) is 5.82 Å². The lowest BCUT2D eigenvalue weighted by Crippen LogP contribution is -2.34. The van der Waals surface area contributed by atoms with Crippen LogP contribution in [0.15, 0.2) is 59.5 Å². The summed E-state index contributed by atoms with van der Waals surface area (Å²) in [6.07, 6.45) is 2.33. The first-order valence-electron chi connectivity index (χ1n) is 9.84. The predicted molar refractivity (Wildman–Crippen MR) is 126 cm³/mol. The van der Waals surface area contributed by atoms with Gasteiger partial charge in [0, 0.05) is 42.7 Å². The van der Waals surface area contributed by atoms with E-state index in [4.69, 9.17) is 12.2 Å². The van der Waals surface area contributed by atoms with Crippen molar-refractivity contribution in [3.63, 3.8) is 0 Å². The number of aromatic nitrogens is 1. The summed E-state index contributed by atoms with van der Waals surface area (Å²) in [4.78, 5) is 29.9. The second-order valence-electron chi connectivity index (χ2n) is 7.09. The molecule has 1 aliphatic rings. The quantitative estimate of drug-likeness (QED) is 0.415. The number of carbonyl (C=O) groups excluding carboxylic acids is 2. The van der Waals surface area contributed by atoms with Gasteiger partial charge in [0.2, 0.25) is 5.91 Å². The molecular weight excluding hydrogens is 433 g/mol. The molecule has 0 saturated carbocycles. The number of fused-ring (bicyclic) bond motifs is 1. The number of hydrogen-bond donors (Lipinski definition) is 2. The summed E-state index contributed by atoms with van der Waals surface area (Å²) in [5.74, 6) is -0.852. The molecule has 0 unspecified atom stereocenters. The molecule has 2 aromatic carbocycles. The summed E-state index contributed by atoms with van der Waals surface area (Å²) in [6.45, 7) is 0.689. The number of thiocarbonyl (C=S) groups is 1. The molecule has 3 aromatic rings. The second-order valence-corrected chi connectivity index (χ2v) is 8.76. The van der Waals surface area contributed by atoms with Crippen LogP contribution >= 0.6 is 24.0 Å². The summed E-state index contributed by atoms with van der Waals surface area (Å²) in [5.41, 5.74) is 2.45. The lowest BCUT2D eigenvalue weighted by atomic mass is 10.2. The topological polar surface area (TPSA) is 65.2 Å². The van der Waals surface area contributed by atoms with Crippen molar-refractivity contribution in [3.05, 3.63) is 76.6 Å². The second kappa shape index (κ2) is 9.45. The lowest BCUT2D eigenvalue weighted by molar-refractivity contribution is -0.123. The van der Waals surface area contributed by atoms with E-state index in [1.807, 2.05) is 24.3 Å². The number of amides is 2. The van der Waals surface area contributed by atoms with Crippen LogP contribution in [0.25, 0.3) is 17.0 Å². The molecule has 1 aliphatic heterocycles. The Bertz CT molecular complexity index is 1160. The highest BCUT2D eigenvalue weighted by molar-refractivity contribution is 8.26. The van der Waals surface area contributed by atoms with Crippen LogP contribution in [0.2, 0.25) is 0 Å². The van der Waals surface area contributed by atoms with Gasteiger partial charge < -0.3 is 10.3 Å². The number of halogens is 1. The van der Waals surface area contributed by atoms with Crippen molar-refractivity contribution < 1.29 is 14.0 Å². The van der Waals surface area contributed by atoms with E-state index < -0.39 is 5.82 Å². The molecule has 1 fully saturated rings. The summed E-state index contributed by atoms with van der Waals surface area (Å²) in [5, 5.41) is 4.02. The van der Waals surface area contributed by atoms with Crippen molar-refractivity contribution in [2.45, 2.75) is 12.8 Å². The molecule has 0 atom stereocenters. The number of aromatic amines is 1. The fraction of sp³-hybridized carbons (Fsp3) is 0.174. The minimum absolute atomic E-state index is 0.145. The Morgan fingerprint density at radius 2 is 1.97 bits per heavy atom. The van der Waals surface area contributed by atoms with Gasteiger partial charge in [-0.3, -0.25) is 14.5 Å². The summed E-state index contributed by atoms with van der Waals surface area (Å²) in [6, 6.07) is 16.3. The SMILES string of the molecule is O=C(CCN1C(=O)C(=Cc2ccccc2F)SC1=S)NCCc1cc2ccccc2[nH]1. The van der Waals surface area contributed by atoms with E-state index in [1.54, 1.807) is 18.2 Å². The first-order valence-corrected chi connectivity index (χ1v) is 11.1. The number of H-pyrrole nitrogens is 1. The van der Waals surface area contributed by atoms with E-state index in [0.29, 0.717) is 27.8 Å². The molecule has 0 aliphatic carbocycles. The zero-order valence-corrected chi connectivity index (χ0v) is 18.2. The van der Waals surface area contributed by atoms with Gasteiger partial charge in [-0.25, -0.2) is 4.39 Å². The number of nitrogens with one attached hydrogen (secondary N) is 2. The number of rotatable bonds is 7. The molecule has 1 saturated heterocycles. The van der Waals surface area contributed by atoms with E-state index in [2.05, 4.69) is 16.4 Å². The van der Waals surface area contributed by atoms with Crippen LogP contribution in [-0.4, -0.2) is 39.1 Å². The van der Waals surface area contributed by atoms with E-state index in [9.17, 15) is 14.0 Å². The minimum Gasteiger partial charge on any atom is -0.358 e. The van der Waals surface area contributed by atoms with E-state index in [1.165, 1.54) is 17.0 Å². The first-order chi connectivity index (χ1) is 15.0. The van der Waals surface area contributed by atoms with Crippen molar-refractivity contribution in [2.24, 2.45) is 0 Å². The Labute approximate surface area is 188 Å². The van der Waals surface area contributed by atoms with Gasteiger partial charge in [-0.15, -0.1) is 0 Å². The van der Waals surface area contributed by atoms with Crippen LogP contribution in [0.1, 0.15) is 17.7 Å². The molecule has 1 aromatic heterocycles. The summed E-state index contributed by atoms with van der Waals surface area (Å²) >= 11 is 6.40. The highest BCUT2D eigenvalue weighted by Gasteiger charge is 2.32. The predicted octanol–water partition coefficient (Wildman–Crippen LogP) is 4.26. The van der Waals surface area contributed by atoms with Gasteiger partial charge in [0.15, 0.2) is 0 Å². The average molecular weight is 454 g/mol. The van der Waals surface area contributed by atoms with E-state index in [-0.39, 0.29) is 24.8 Å². The maximum atomic E-state index is 13.9. The molecule has 31 heavy (non-hydrogen) atoms. The molecule has 0 spiro atoms. The van der Waals surface area contributed by atoms with Crippen LogP contribution in [0.5, 0.6) is 0 Å². The molecule has 158 valence electrons. The maximum Gasteiger partial charge on any atom is 0.266 e. The molecule has 0 radical (unpaired) electrons. The Kier molecular flexibility index (Phi) is 6.48. The summed E-state index contributed by atoms with van der Waals surface area (Å²) in [7, 11) is 0. The van der Waals surface area contributed by atoms with Gasteiger partial charge in [0.1, 0.15) is 10.1 Å². The highest BCUT2D eigenvalue weighted by Crippen LogP contribution is 2.32. The van der Waals surface area contributed by atoms with Crippen molar-refractivity contribution in [2.75, 3.05) is 13.1 Å². The van der Waals surface area contributed by atoms with Crippen molar-refractivity contribution in [1.29, 1.82) is 0 Å². The zero-order chi connectivity index (χ0) is 21.8. The third-order valence-electron chi connectivity index (χ3n) is 4.93. The molecular formula is C23H20FN3O2S2. The molecule has 2 amide bonds. The van der Waals surface area contributed by atoms with Crippen LogP contribution < -0.4 is 5.32 Å². The molecule has 4 rings (SSSR count). The fourth-order valence-electron chi connectivity index (χ4n) is 3.33. The minimum atomic E-state index is -0.401. The molecule has 0 bridgehead atoms. The van der Waals surface area contributed by atoms with Gasteiger partial charge in [-0.1, -0.05) is 60.4 Å². The number of nitrogens with zero attached hydrogens (tertiary/aromatic N) is 1. The fourth-order valence-corrected chi connectivity index (χ4v) is 4.63. The number of hydrogen-bond acceptors (Lipinski definition) is 4. The van der Waals surface area contributed by atoms with Crippen molar-refractivity contribution in [1.82, 2.24) is 15.2 Å². The zero-order valence-electron chi connectivity index (χ0n) is 16.6. The standard InChI is InChI=1S/C23H20FN3O2S2/c24-18-7-3-1-5-15(18)14-20-22(29)27(23(30)31-20)12-10-21(28)25-11-9-17-13-16-6-2-4-8-19(16)26-17/h1-8,13-14,26H,9-12H2,(H,25,28). The number of thioether (sulfide) groups is 1. The van der Waals surface area contributed by atoms with Crippen LogP contribution in [0.3, 0.4) is 0 Å². The number of carbonyl (C=O) groups is 2. The normalized spacial score (nSPS) is 15.3. The molecule has 8 heteroatoms. The third kappa shape index (κ3) is 5.03. The lowest BCUT2D eigenvalue weighted by Gasteiger charge is -2.14. The third-order valence-corrected chi connectivity index (χ3v) is 6.31. The van der Waals surface area contributed by atoms with Crippen LogP contribution in [0.4, 0.5) is 4.39 Å². The molecule has 5 nitrogen and oxygen atoms in total. The van der Waals surface area contributed by atoms with Gasteiger partial charge in [-0.2, -0.15) is 0 Å². The van der Waals surface area contributed by atoms with Gasteiger partial charge in [0.05, 0.1) is 4.91 Å². The van der Waals surface area contributed by atoms with Crippen LogP contribution in [-0.2, 0) is 16.0 Å². The monoisotopic (exact) mass is 453 g/mol. The van der Waals surface area contributed by atoms with Crippen molar-refractivity contribution >= 4 is 57.1 Å². The Morgan fingerprint density at radius 3 is 2.77 bits per heavy atom. The van der Waals surface area contributed by atoms with Gasteiger partial charge in [0.25, 0.3) is 5.91 Å². The van der Waals surface area contributed by atoms with Crippen molar-refractivity contribution in [3.8, 4) is 0 Å². The van der Waals surface area contributed by atoms with Gasteiger partial charge >= 0.3 is 0 Å². The maximum absolute atomic E-state index is 13.9. The average Bonchev–Trinajstić information content (AvgIpc) is 3.28. The smallest absolute Gasteiger partial charge is 0.266 e.